The fraction of sp³-hybridized carbons (Fsp3) is 0.417. The minimum atomic E-state index is -0.112. The Morgan fingerprint density at radius 3 is 2.47 bits per heavy atom. The second kappa shape index (κ2) is 7.24. The molecule has 2 aromatic rings. The minimum absolute atomic E-state index is 0.0281. The average molecular weight is 403 g/mol. The molecule has 1 spiro atoms. The van der Waals surface area contributed by atoms with E-state index in [1.54, 1.807) is 24.3 Å². The molecule has 0 aromatic heterocycles. The highest BCUT2D eigenvalue weighted by Gasteiger charge is 2.46. The number of amides is 2. The van der Waals surface area contributed by atoms with Gasteiger partial charge in [0.05, 0.1) is 17.7 Å². The number of hydrogen-bond acceptors (Lipinski definition) is 4. The number of nitriles is 1. The van der Waals surface area contributed by atoms with Gasteiger partial charge in [-0.3, -0.25) is 0 Å². The van der Waals surface area contributed by atoms with Crippen LogP contribution in [0.25, 0.3) is 0 Å². The summed E-state index contributed by atoms with van der Waals surface area (Å²) in [5.74, 6) is 1.60. The van der Waals surface area contributed by atoms with Crippen LogP contribution in [0.2, 0.25) is 0 Å². The van der Waals surface area contributed by atoms with Crippen LogP contribution in [0.1, 0.15) is 55.3 Å². The summed E-state index contributed by atoms with van der Waals surface area (Å²) in [6.45, 7) is 3.90. The Morgan fingerprint density at radius 2 is 1.80 bits per heavy atom. The molecule has 3 aliphatic rings. The smallest absolute Gasteiger partial charge is 0.322 e. The number of hydrogen-bond donors (Lipinski definition) is 1. The van der Waals surface area contributed by atoms with E-state index >= 15 is 0 Å². The van der Waals surface area contributed by atoms with Crippen molar-refractivity contribution in [3.05, 3.63) is 53.1 Å². The summed E-state index contributed by atoms with van der Waals surface area (Å²) in [5.41, 5.74) is 3.71. The molecule has 1 unspecified atom stereocenters. The van der Waals surface area contributed by atoms with Crippen molar-refractivity contribution < 1.29 is 14.3 Å². The second-order valence-electron chi connectivity index (χ2n) is 8.49. The van der Waals surface area contributed by atoms with Crippen molar-refractivity contribution >= 4 is 11.7 Å². The third kappa shape index (κ3) is 3.06. The lowest BCUT2D eigenvalue weighted by Crippen LogP contribution is -2.50. The molecule has 154 valence electrons. The van der Waals surface area contributed by atoms with Crippen LogP contribution in [0.15, 0.2) is 36.4 Å². The van der Waals surface area contributed by atoms with Crippen molar-refractivity contribution in [3.63, 3.8) is 0 Å². The number of nitrogens with one attached hydrogen (secondary N) is 1. The number of benzene rings is 2. The van der Waals surface area contributed by atoms with Crippen molar-refractivity contribution in [3.8, 4) is 17.6 Å². The number of ether oxygens (including phenoxy) is 2. The van der Waals surface area contributed by atoms with Crippen LogP contribution >= 0.6 is 0 Å². The van der Waals surface area contributed by atoms with Gasteiger partial charge in [0.1, 0.15) is 13.2 Å². The molecule has 1 atom stereocenters. The molecule has 2 aliphatic heterocycles. The third-order valence-corrected chi connectivity index (χ3v) is 6.76. The van der Waals surface area contributed by atoms with Gasteiger partial charge in [-0.25, -0.2) is 4.79 Å². The summed E-state index contributed by atoms with van der Waals surface area (Å²) < 4.78 is 11.7. The van der Waals surface area contributed by atoms with Crippen molar-refractivity contribution in [2.75, 3.05) is 25.1 Å². The van der Waals surface area contributed by atoms with E-state index < -0.39 is 0 Å². The SMILES string of the molecule is CC1c2cc3c(cc2C2(CCCC2)CN1C(=O)Nc1ccc(C#N)cc1)OCCO3. The van der Waals surface area contributed by atoms with Gasteiger partial charge in [0.2, 0.25) is 0 Å². The Kier molecular flexibility index (Phi) is 4.54. The number of rotatable bonds is 1. The number of fused-ring (bicyclic) bond motifs is 3. The zero-order valence-corrected chi connectivity index (χ0v) is 17.1. The molecule has 30 heavy (non-hydrogen) atoms. The topological polar surface area (TPSA) is 74.6 Å². The first kappa shape index (κ1) is 18.8. The molecule has 2 aromatic carbocycles. The summed E-state index contributed by atoms with van der Waals surface area (Å²) in [7, 11) is 0. The van der Waals surface area contributed by atoms with E-state index in [0.717, 1.165) is 29.9 Å². The molecule has 2 heterocycles. The Hall–Kier alpha value is -3.20. The van der Waals surface area contributed by atoms with Gasteiger partial charge in [-0.15, -0.1) is 0 Å². The average Bonchev–Trinajstić information content (AvgIpc) is 3.25. The van der Waals surface area contributed by atoms with Crippen LogP contribution in [0.4, 0.5) is 10.5 Å². The fourth-order valence-corrected chi connectivity index (χ4v) is 5.18. The maximum absolute atomic E-state index is 13.3. The van der Waals surface area contributed by atoms with Crippen LogP contribution in [0.3, 0.4) is 0 Å². The van der Waals surface area contributed by atoms with E-state index in [-0.39, 0.29) is 17.5 Å². The Balaban J connectivity index is 1.49. The van der Waals surface area contributed by atoms with Crippen LogP contribution in [-0.2, 0) is 5.41 Å². The van der Waals surface area contributed by atoms with Gasteiger partial charge in [0, 0.05) is 17.6 Å². The Bertz CT molecular complexity index is 1020. The van der Waals surface area contributed by atoms with Gasteiger partial charge in [0.15, 0.2) is 11.5 Å². The van der Waals surface area contributed by atoms with Gasteiger partial charge in [-0.1, -0.05) is 12.8 Å². The molecule has 1 N–H and O–H groups in total. The lowest BCUT2D eigenvalue weighted by atomic mass is 9.71. The molecular formula is C24H25N3O3. The van der Waals surface area contributed by atoms with E-state index in [2.05, 4.69) is 30.4 Å². The van der Waals surface area contributed by atoms with Crippen LogP contribution in [0, 0.1) is 11.3 Å². The molecule has 1 aliphatic carbocycles. The van der Waals surface area contributed by atoms with E-state index in [4.69, 9.17) is 14.7 Å². The van der Waals surface area contributed by atoms with E-state index in [1.165, 1.54) is 18.4 Å². The standard InChI is InChI=1S/C24H25N3O3/c1-16-19-12-21-22(30-11-10-29-21)13-20(19)24(8-2-3-9-24)15-27(16)23(28)26-18-6-4-17(14-25)5-7-18/h4-7,12-13,16H,2-3,8-11,15H2,1H3,(H,26,28). The first-order chi connectivity index (χ1) is 14.6. The van der Waals surface area contributed by atoms with Crippen LogP contribution in [0.5, 0.6) is 11.5 Å². The maximum Gasteiger partial charge on any atom is 0.322 e. The zero-order valence-electron chi connectivity index (χ0n) is 17.1. The molecule has 5 rings (SSSR count). The predicted octanol–water partition coefficient (Wildman–Crippen LogP) is 4.75. The van der Waals surface area contributed by atoms with Crippen LogP contribution < -0.4 is 14.8 Å². The van der Waals surface area contributed by atoms with Crippen molar-refractivity contribution in [1.82, 2.24) is 4.90 Å². The highest BCUT2D eigenvalue weighted by atomic mass is 16.6. The van der Waals surface area contributed by atoms with Gasteiger partial charge in [-0.05, 0) is 67.3 Å². The predicted molar refractivity (Wildman–Crippen MR) is 113 cm³/mol. The zero-order chi connectivity index (χ0) is 20.7. The molecule has 1 fully saturated rings. The monoisotopic (exact) mass is 403 g/mol. The van der Waals surface area contributed by atoms with E-state index in [1.807, 2.05) is 4.90 Å². The Morgan fingerprint density at radius 1 is 1.13 bits per heavy atom. The largest absolute Gasteiger partial charge is 0.486 e. The first-order valence-electron chi connectivity index (χ1n) is 10.6. The molecule has 6 heteroatoms. The Labute approximate surface area is 176 Å². The molecule has 2 amide bonds. The highest BCUT2D eigenvalue weighted by molar-refractivity contribution is 5.90. The molecular weight excluding hydrogens is 378 g/mol. The minimum Gasteiger partial charge on any atom is -0.486 e. The maximum atomic E-state index is 13.3. The van der Waals surface area contributed by atoms with E-state index in [0.29, 0.717) is 31.0 Å². The van der Waals surface area contributed by atoms with E-state index in [9.17, 15) is 4.79 Å². The van der Waals surface area contributed by atoms with Crippen molar-refractivity contribution in [2.24, 2.45) is 0 Å². The first-order valence-corrected chi connectivity index (χ1v) is 10.6. The number of nitrogens with zero attached hydrogens (tertiary/aromatic N) is 2. The van der Waals surface area contributed by atoms with Crippen molar-refractivity contribution in [2.45, 2.75) is 44.1 Å². The fourth-order valence-electron chi connectivity index (χ4n) is 5.18. The molecule has 6 nitrogen and oxygen atoms in total. The normalized spacial score (nSPS) is 21.1. The van der Waals surface area contributed by atoms with Gasteiger partial charge in [0.25, 0.3) is 0 Å². The van der Waals surface area contributed by atoms with Crippen LogP contribution in [-0.4, -0.2) is 30.7 Å². The molecule has 0 bridgehead atoms. The van der Waals surface area contributed by atoms with Crippen molar-refractivity contribution in [1.29, 1.82) is 5.26 Å². The quantitative estimate of drug-likeness (QED) is 0.746. The lowest BCUT2D eigenvalue weighted by Gasteiger charge is -2.46. The summed E-state index contributed by atoms with van der Waals surface area (Å²) in [4.78, 5) is 15.2. The number of carbonyl (C=O) groups is 1. The summed E-state index contributed by atoms with van der Waals surface area (Å²) >= 11 is 0. The van der Waals surface area contributed by atoms with Gasteiger partial charge < -0.3 is 19.7 Å². The van der Waals surface area contributed by atoms with Gasteiger partial charge >= 0.3 is 6.03 Å². The summed E-state index contributed by atoms with van der Waals surface area (Å²) in [6.07, 6.45) is 4.50. The number of carbonyl (C=O) groups excluding carboxylic acids is 1. The summed E-state index contributed by atoms with van der Waals surface area (Å²) in [6, 6.07) is 13.1. The number of urea groups is 1. The van der Waals surface area contributed by atoms with Gasteiger partial charge in [-0.2, -0.15) is 5.26 Å². The molecule has 1 saturated carbocycles. The molecule has 0 saturated heterocycles. The second-order valence-corrected chi connectivity index (χ2v) is 8.49. The summed E-state index contributed by atoms with van der Waals surface area (Å²) in [5, 5.41) is 12.0. The lowest BCUT2D eigenvalue weighted by molar-refractivity contribution is 0.149. The highest BCUT2D eigenvalue weighted by Crippen LogP contribution is 2.51. The number of anilines is 1. The molecule has 0 radical (unpaired) electrons. The third-order valence-electron chi connectivity index (χ3n) is 6.76.